The first kappa shape index (κ1) is 21.7. The number of allylic oxidation sites excluding steroid dienone is 2. The third-order valence-electron chi connectivity index (χ3n) is 10.6. The average molecular weight is 399 g/mol. The Labute approximate surface area is 180 Å². The predicted molar refractivity (Wildman–Crippen MR) is 124 cm³/mol. The summed E-state index contributed by atoms with van der Waals surface area (Å²) in [4.78, 5) is 0. The molecule has 4 aliphatic rings. The van der Waals surface area contributed by atoms with Crippen LogP contribution in [0.4, 0.5) is 0 Å². The first-order valence-corrected chi connectivity index (χ1v) is 12.8. The van der Waals surface area contributed by atoms with Gasteiger partial charge in [0.25, 0.3) is 0 Å². The number of hydrogen-bond acceptors (Lipinski definition) is 1. The van der Waals surface area contributed by atoms with Crippen LogP contribution in [0.2, 0.25) is 0 Å². The predicted octanol–water partition coefficient (Wildman–Crippen LogP) is 7.70. The highest BCUT2D eigenvalue weighted by atomic mass is 16.3. The number of aliphatic hydroxyl groups is 1. The van der Waals surface area contributed by atoms with Gasteiger partial charge in [0.15, 0.2) is 0 Å². The summed E-state index contributed by atoms with van der Waals surface area (Å²) in [6.07, 6.45) is 16.8. The maximum absolute atomic E-state index is 9.42. The van der Waals surface area contributed by atoms with E-state index in [0.29, 0.717) is 10.8 Å². The number of aliphatic hydroxyl groups excluding tert-OH is 1. The average Bonchev–Trinajstić information content (AvgIpc) is 3.08. The van der Waals surface area contributed by atoms with Crippen molar-refractivity contribution in [3.8, 4) is 0 Å². The molecular formula is C28H46O. The fraction of sp³-hybridized carbons (Fsp3) is 0.857. The van der Waals surface area contributed by atoms with E-state index < -0.39 is 0 Å². The number of hydrogen-bond donors (Lipinski definition) is 1. The van der Waals surface area contributed by atoms with Gasteiger partial charge >= 0.3 is 0 Å². The van der Waals surface area contributed by atoms with Gasteiger partial charge in [0.2, 0.25) is 0 Å². The summed E-state index contributed by atoms with van der Waals surface area (Å²) in [7, 11) is 0. The van der Waals surface area contributed by atoms with Gasteiger partial charge in [0, 0.05) is 6.61 Å². The molecule has 1 N–H and O–H groups in total. The quantitative estimate of drug-likeness (QED) is 0.454. The molecule has 0 aliphatic heterocycles. The van der Waals surface area contributed by atoms with E-state index in [-0.39, 0.29) is 12.5 Å². The fourth-order valence-corrected chi connectivity index (χ4v) is 8.46. The molecule has 1 nitrogen and oxygen atoms in total. The Kier molecular flexibility index (Phi) is 6.11. The van der Waals surface area contributed by atoms with Crippen LogP contribution in [0.5, 0.6) is 0 Å². The normalized spacial score (nSPS) is 41.3. The minimum Gasteiger partial charge on any atom is -0.396 e. The molecular weight excluding hydrogens is 352 g/mol. The van der Waals surface area contributed by atoms with Crippen LogP contribution in [0, 0.1) is 40.4 Å². The lowest BCUT2D eigenvalue weighted by Gasteiger charge is -2.54. The lowest BCUT2D eigenvalue weighted by molar-refractivity contribution is 0.0665. The topological polar surface area (TPSA) is 20.2 Å². The van der Waals surface area contributed by atoms with E-state index in [1.807, 2.05) is 11.1 Å². The Bertz CT molecular complexity index is 659. The highest BCUT2D eigenvalue weighted by Gasteiger charge is 2.55. The van der Waals surface area contributed by atoms with Crippen molar-refractivity contribution in [2.45, 2.75) is 105 Å². The van der Waals surface area contributed by atoms with Gasteiger partial charge in [-0.25, -0.2) is 0 Å². The van der Waals surface area contributed by atoms with Gasteiger partial charge < -0.3 is 5.11 Å². The zero-order valence-corrected chi connectivity index (χ0v) is 19.7. The van der Waals surface area contributed by atoms with Crippen LogP contribution in [-0.2, 0) is 0 Å². The molecule has 29 heavy (non-hydrogen) atoms. The molecule has 0 amide bonds. The first-order chi connectivity index (χ1) is 13.8. The summed E-state index contributed by atoms with van der Waals surface area (Å²) in [6.45, 7) is 14.4. The van der Waals surface area contributed by atoms with Crippen LogP contribution in [0.25, 0.3) is 0 Å². The monoisotopic (exact) mass is 398 g/mol. The van der Waals surface area contributed by atoms with E-state index in [9.17, 15) is 5.11 Å². The Morgan fingerprint density at radius 1 is 1.07 bits per heavy atom. The zero-order chi connectivity index (χ0) is 20.8. The molecule has 0 bridgehead atoms. The van der Waals surface area contributed by atoms with Crippen LogP contribution in [-0.4, -0.2) is 11.7 Å². The van der Waals surface area contributed by atoms with Crippen molar-refractivity contribution in [2.75, 3.05) is 6.61 Å². The molecule has 0 saturated heterocycles. The van der Waals surface area contributed by atoms with Gasteiger partial charge in [-0.15, -0.1) is 0 Å². The van der Waals surface area contributed by atoms with Gasteiger partial charge in [-0.05, 0) is 105 Å². The van der Waals surface area contributed by atoms with Gasteiger partial charge in [-0.1, -0.05) is 63.8 Å². The van der Waals surface area contributed by atoms with E-state index in [1.54, 1.807) is 0 Å². The molecule has 4 aliphatic carbocycles. The standard InChI is InChI=1S/C28H46O/c1-19(21(3)18-29)9-10-20(2)24-13-14-25-23-12-11-22-8-6-7-16-27(22,4)26(23)15-17-28(24,25)5/h20-22,24-25,29H,1,6-18H2,2-5H3/t20-,21?,22?,24-,25+,27+,28-/m1/s1. The molecule has 0 aromatic carbocycles. The molecule has 2 fully saturated rings. The van der Waals surface area contributed by atoms with Crippen molar-refractivity contribution in [1.82, 2.24) is 0 Å². The van der Waals surface area contributed by atoms with Crippen molar-refractivity contribution in [2.24, 2.45) is 40.4 Å². The number of rotatable bonds is 6. The molecule has 0 aromatic heterocycles. The summed E-state index contributed by atoms with van der Waals surface area (Å²) in [5.74, 6) is 3.75. The van der Waals surface area contributed by atoms with Crippen molar-refractivity contribution in [3.05, 3.63) is 23.3 Å². The summed E-state index contributed by atoms with van der Waals surface area (Å²) in [5.41, 5.74) is 6.23. The van der Waals surface area contributed by atoms with E-state index in [4.69, 9.17) is 0 Å². The fourth-order valence-electron chi connectivity index (χ4n) is 8.46. The second-order valence-corrected chi connectivity index (χ2v) is 11.9. The second kappa shape index (κ2) is 8.18. The molecule has 0 spiro atoms. The minimum absolute atomic E-state index is 0.243. The van der Waals surface area contributed by atoms with Gasteiger partial charge in [-0.2, -0.15) is 0 Å². The van der Waals surface area contributed by atoms with Gasteiger partial charge in [0.05, 0.1) is 0 Å². The molecule has 4 rings (SSSR count). The highest BCUT2D eigenvalue weighted by molar-refractivity contribution is 5.34. The first-order valence-electron chi connectivity index (χ1n) is 12.8. The zero-order valence-electron chi connectivity index (χ0n) is 19.7. The molecule has 1 heteroatoms. The highest BCUT2D eigenvalue weighted by Crippen LogP contribution is 2.66. The number of fused-ring (bicyclic) bond motifs is 4. The molecule has 0 aromatic rings. The Morgan fingerprint density at radius 2 is 1.86 bits per heavy atom. The summed E-state index contributed by atoms with van der Waals surface area (Å²) >= 11 is 0. The van der Waals surface area contributed by atoms with Gasteiger partial charge in [-0.3, -0.25) is 0 Å². The minimum atomic E-state index is 0.243. The smallest absolute Gasteiger partial charge is 0.0493 e. The van der Waals surface area contributed by atoms with Crippen molar-refractivity contribution in [1.29, 1.82) is 0 Å². The Hall–Kier alpha value is -0.560. The van der Waals surface area contributed by atoms with Crippen molar-refractivity contribution in [3.63, 3.8) is 0 Å². The van der Waals surface area contributed by atoms with Crippen LogP contribution in [0.15, 0.2) is 23.3 Å². The molecule has 0 heterocycles. The van der Waals surface area contributed by atoms with E-state index >= 15 is 0 Å². The maximum Gasteiger partial charge on any atom is 0.0493 e. The molecule has 2 unspecified atom stereocenters. The largest absolute Gasteiger partial charge is 0.396 e. The summed E-state index contributed by atoms with van der Waals surface area (Å²) in [6, 6.07) is 0. The van der Waals surface area contributed by atoms with Crippen LogP contribution >= 0.6 is 0 Å². The molecule has 2 saturated carbocycles. The third kappa shape index (κ3) is 3.58. The van der Waals surface area contributed by atoms with Crippen molar-refractivity contribution >= 4 is 0 Å². The molecule has 7 atom stereocenters. The van der Waals surface area contributed by atoms with Crippen molar-refractivity contribution < 1.29 is 5.11 Å². The van der Waals surface area contributed by atoms with Crippen LogP contribution in [0.3, 0.4) is 0 Å². The second-order valence-electron chi connectivity index (χ2n) is 11.9. The maximum atomic E-state index is 9.42. The van der Waals surface area contributed by atoms with Gasteiger partial charge in [0.1, 0.15) is 0 Å². The van der Waals surface area contributed by atoms with E-state index in [2.05, 4.69) is 34.3 Å². The Balaban J connectivity index is 1.50. The van der Waals surface area contributed by atoms with E-state index in [0.717, 1.165) is 30.1 Å². The van der Waals surface area contributed by atoms with Crippen LogP contribution < -0.4 is 0 Å². The Morgan fingerprint density at radius 3 is 2.62 bits per heavy atom. The lowest BCUT2D eigenvalue weighted by Crippen LogP contribution is -2.43. The molecule has 0 radical (unpaired) electrons. The molecule has 164 valence electrons. The SMILES string of the molecule is C=C(CC[C@@H](C)[C@H]1CC[C@H]2C3=C(CC[C@]12C)[C@@]1(C)CCCCC1CC3)C(C)CO. The lowest BCUT2D eigenvalue weighted by atomic mass is 9.50. The third-order valence-corrected chi connectivity index (χ3v) is 10.6. The summed E-state index contributed by atoms with van der Waals surface area (Å²) < 4.78 is 0. The van der Waals surface area contributed by atoms with Crippen LogP contribution in [0.1, 0.15) is 105 Å². The summed E-state index contributed by atoms with van der Waals surface area (Å²) in [5, 5.41) is 9.42. The van der Waals surface area contributed by atoms with E-state index in [1.165, 1.54) is 76.2 Å².